The number of rotatable bonds is 3. The van der Waals surface area contributed by atoms with E-state index >= 15 is 0 Å². The number of carbonyl (C=O) groups is 1. The lowest BCUT2D eigenvalue weighted by Gasteiger charge is -2.54. The van der Waals surface area contributed by atoms with Crippen LogP contribution in [0.4, 0.5) is 0 Å². The summed E-state index contributed by atoms with van der Waals surface area (Å²) in [6.45, 7) is 6.78. The van der Waals surface area contributed by atoms with Crippen LogP contribution in [0.3, 0.4) is 0 Å². The Balaban J connectivity index is 2.43. The summed E-state index contributed by atoms with van der Waals surface area (Å²) in [7, 11) is 2.93. The van der Waals surface area contributed by atoms with Crippen molar-refractivity contribution in [1.29, 1.82) is 0 Å². The van der Waals surface area contributed by atoms with Gasteiger partial charge in [-0.1, -0.05) is 19.4 Å². The maximum absolute atomic E-state index is 12.0. The summed E-state index contributed by atoms with van der Waals surface area (Å²) in [5.74, 6) is 0.141. The second kappa shape index (κ2) is 7.31. The van der Waals surface area contributed by atoms with Gasteiger partial charge in [-0.05, 0) is 31.4 Å². The molecule has 160 valence electrons. The number of allylic oxidation sites excluding steroid dienone is 1. The Bertz CT molecular complexity index is 857. The molecule has 0 aromatic heterocycles. The van der Waals surface area contributed by atoms with Crippen LogP contribution in [0.1, 0.15) is 63.9 Å². The Morgan fingerprint density at radius 2 is 1.79 bits per heavy atom. The molecule has 0 amide bonds. The molecular weight excluding hydrogens is 376 g/mol. The topological polar surface area (TPSA) is 105 Å². The number of fused-ring (bicyclic) bond motifs is 3. The van der Waals surface area contributed by atoms with Gasteiger partial charge in [0, 0.05) is 29.5 Å². The highest BCUT2D eigenvalue weighted by Crippen LogP contribution is 2.59. The van der Waals surface area contributed by atoms with Crippen LogP contribution >= 0.6 is 0 Å². The van der Waals surface area contributed by atoms with Gasteiger partial charge in [-0.15, -0.1) is 0 Å². The zero-order chi connectivity index (χ0) is 21.7. The van der Waals surface area contributed by atoms with Crippen LogP contribution in [-0.4, -0.2) is 47.2 Å². The van der Waals surface area contributed by atoms with Gasteiger partial charge in [-0.2, -0.15) is 0 Å². The first-order chi connectivity index (χ1) is 13.5. The highest BCUT2D eigenvalue weighted by Gasteiger charge is 2.59. The molecule has 2 bridgehead atoms. The number of ether oxygens (including phenoxy) is 3. The molecule has 1 aromatic rings. The fourth-order valence-electron chi connectivity index (χ4n) is 5.01. The second-order valence-electron chi connectivity index (χ2n) is 8.45. The lowest BCUT2D eigenvalue weighted by atomic mass is 9.56. The van der Waals surface area contributed by atoms with Crippen molar-refractivity contribution in [2.75, 3.05) is 14.2 Å². The molecule has 3 rings (SSSR count). The minimum Gasteiger partial charge on any atom is -0.497 e. The van der Waals surface area contributed by atoms with E-state index in [4.69, 9.17) is 14.2 Å². The third-order valence-electron chi connectivity index (χ3n) is 6.59. The number of aliphatic hydroxyl groups excluding tert-OH is 2. The molecule has 0 aliphatic heterocycles. The number of methoxy groups -OCH3 is 2. The quantitative estimate of drug-likeness (QED) is 0.523. The fraction of sp³-hybridized carbons (Fsp3) is 0.591. The third-order valence-corrected chi connectivity index (χ3v) is 6.59. The standard InChI is InChI=1S/C22H30O7/c1-11-7-8-22(26)20(29-12(2)23)14-9-13(27-5)10-15(28-6)16(14)18(24)19(25)17(11)21(22,3)4/h9-10,18-20,24-26H,7-8H2,1-6H3/t18-,19-,20+,22-/m1/s1. The van der Waals surface area contributed by atoms with Gasteiger partial charge in [0.15, 0.2) is 6.10 Å². The lowest BCUT2D eigenvalue weighted by molar-refractivity contribution is -0.190. The molecule has 0 saturated carbocycles. The van der Waals surface area contributed by atoms with E-state index in [0.29, 0.717) is 29.7 Å². The number of aliphatic hydroxyl groups is 3. The van der Waals surface area contributed by atoms with Gasteiger partial charge in [0.2, 0.25) is 0 Å². The van der Waals surface area contributed by atoms with Gasteiger partial charge in [0.05, 0.1) is 14.2 Å². The molecule has 29 heavy (non-hydrogen) atoms. The van der Waals surface area contributed by atoms with E-state index in [9.17, 15) is 20.1 Å². The number of carbonyl (C=O) groups excluding carboxylic acids is 1. The Labute approximate surface area is 170 Å². The smallest absolute Gasteiger partial charge is 0.303 e. The molecule has 0 spiro atoms. The molecule has 0 saturated heterocycles. The van der Waals surface area contributed by atoms with Crippen LogP contribution in [0.25, 0.3) is 0 Å². The van der Waals surface area contributed by atoms with Crippen molar-refractivity contribution in [1.82, 2.24) is 0 Å². The first kappa shape index (κ1) is 21.6. The highest BCUT2D eigenvalue weighted by molar-refractivity contribution is 5.67. The van der Waals surface area contributed by atoms with Gasteiger partial charge in [0.25, 0.3) is 0 Å². The Morgan fingerprint density at radius 1 is 1.14 bits per heavy atom. The first-order valence-electron chi connectivity index (χ1n) is 9.71. The van der Waals surface area contributed by atoms with Crippen LogP contribution in [0, 0.1) is 5.41 Å². The van der Waals surface area contributed by atoms with Crippen molar-refractivity contribution >= 4 is 5.97 Å². The normalized spacial score (nSPS) is 30.7. The fourth-order valence-corrected chi connectivity index (χ4v) is 5.01. The zero-order valence-electron chi connectivity index (χ0n) is 17.8. The largest absolute Gasteiger partial charge is 0.497 e. The molecule has 0 heterocycles. The molecular formula is C22H30O7. The number of hydrogen-bond acceptors (Lipinski definition) is 7. The maximum atomic E-state index is 12.0. The SMILES string of the molecule is COc1cc(OC)c2c(c1)[C@H](OC(C)=O)[C@]1(O)CCC(C)=C([C@@H](O)[C@@H]2O)C1(C)C. The maximum Gasteiger partial charge on any atom is 0.303 e. The molecule has 1 aromatic carbocycles. The van der Waals surface area contributed by atoms with Crippen molar-refractivity contribution in [2.24, 2.45) is 5.41 Å². The van der Waals surface area contributed by atoms with Gasteiger partial charge >= 0.3 is 5.97 Å². The number of esters is 1. The van der Waals surface area contributed by atoms with E-state index in [1.165, 1.54) is 21.1 Å². The van der Waals surface area contributed by atoms with Gasteiger partial charge in [-0.3, -0.25) is 4.79 Å². The summed E-state index contributed by atoms with van der Waals surface area (Å²) in [5, 5.41) is 34.3. The zero-order valence-corrected chi connectivity index (χ0v) is 17.8. The minimum atomic E-state index is -1.51. The predicted molar refractivity (Wildman–Crippen MR) is 106 cm³/mol. The molecule has 0 fully saturated rings. The molecule has 2 aliphatic carbocycles. The molecule has 4 atom stereocenters. The molecule has 7 nitrogen and oxygen atoms in total. The van der Waals surface area contributed by atoms with Crippen LogP contribution in [0.2, 0.25) is 0 Å². The van der Waals surface area contributed by atoms with Crippen molar-refractivity contribution < 1.29 is 34.3 Å². The monoisotopic (exact) mass is 406 g/mol. The van der Waals surface area contributed by atoms with Crippen LogP contribution < -0.4 is 9.47 Å². The van der Waals surface area contributed by atoms with Gasteiger partial charge in [-0.25, -0.2) is 0 Å². The molecule has 0 unspecified atom stereocenters. The van der Waals surface area contributed by atoms with Crippen molar-refractivity contribution in [2.45, 2.75) is 64.4 Å². The summed E-state index contributed by atoms with van der Waals surface area (Å²) in [6.07, 6.45) is -2.84. The molecule has 3 N–H and O–H groups in total. The Kier molecular flexibility index (Phi) is 5.45. The van der Waals surface area contributed by atoms with E-state index in [1.807, 2.05) is 6.92 Å². The van der Waals surface area contributed by atoms with Crippen molar-refractivity contribution in [3.8, 4) is 11.5 Å². The van der Waals surface area contributed by atoms with Crippen molar-refractivity contribution in [3.05, 3.63) is 34.4 Å². The lowest BCUT2D eigenvalue weighted by Crippen LogP contribution is -2.57. The van der Waals surface area contributed by atoms with E-state index < -0.39 is 35.3 Å². The summed E-state index contributed by atoms with van der Waals surface area (Å²) in [6, 6.07) is 3.21. The number of hydrogen-bond donors (Lipinski definition) is 3. The summed E-state index contributed by atoms with van der Waals surface area (Å²) < 4.78 is 16.5. The highest BCUT2D eigenvalue weighted by atomic mass is 16.6. The second-order valence-corrected chi connectivity index (χ2v) is 8.45. The molecule has 7 heteroatoms. The minimum absolute atomic E-state index is 0.271. The average Bonchev–Trinajstić information content (AvgIpc) is 2.66. The summed E-state index contributed by atoms with van der Waals surface area (Å²) in [4.78, 5) is 12.0. The van der Waals surface area contributed by atoms with E-state index in [-0.39, 0.29) is 11.3 Å². The number of benzene rings is 1. The third kappa shape index (κ3) is 3.12. The van der Waals surface area contributed by atoms with E-state index in [1.54, 1.807) is 26.0 Å². The summed E-state index contributed by atoms with van der Waals surface area (Å²) in [5.41, 5.74) is -0.390. The van der Waals surface area contributed by atoms with Crippen molar-refractivity contribution in [3.63, 3.8) is 0 Å². The van der Waals surface area contributed by atoms with Gasteiger partial charge in [0.1, 0.15) is 29.3 Å². The van der Waals surface area contributed by atoms with Crippen LogP contribution in [-0.2, 0) is 9.53 Å². The van der Waals surface area contributed by atoms with Crippen LogP contribution in [0.15, 0.2) is 23.3 Å². The van der Waals surface area contributed by atoms with E-state index in [0.717, 1.165) is 5.57 Å². The van der Waals surface area contributed by atoms with E-state index in [2.05, 4.69) is 0 Å². The molecule has 2 aliphatic rings. The van der Waals surface area contributed by atoms with Crippen LogP contribution in [0.5, 0.6) is 11.5 Å². The summed E-state index contributed by atoms with van der Waals surface area (Å²) >= 11 is 0. The first-order valence-corrected chi connectivity index (χ1v) is 9.71. The van der Waals surface area contributed by atoms with Gasteiger partial charge < -0.3 is 29.5 Å². The Morgan fingerprint density at radius 3 is 2.34 bits per heavy atom. The Hall–Kier alpha value is -2.09. The predicted octanol–water partition coefficient (Wildman–Crippen LogP) is 2.58. The average molecular weight is 406 g/mol. The molecule has 0 radical (unpaired) electrons.